The Morgan fingerprint density at radius 1 is 1.29 bits per heavy atom. The molecule has 0 saturated heterocycles. The molecule has 2 rings (SSSR count). The van der Waals surface area contributed by atoms with Gasteiger partial charge in [0, 0.05) is 5.56 Å². The fraction of sp³-hybridized carbons (Fsp3) is 0.429. The van der Waals surface area contributed by atoms with Crippen LogP contribution in [0.1, 0.15) is 41.3 Å². The Bertz CT molecular complexity index is 463. The molecule has 1 aliphatic rings. The van der Waals surface area contributed by atoms with Gasteiger partial charge in [-0.05, 0) is 42.9 Å². The molecule has 0 saturated carbocycles. The molecule has 0 bridgehead atoms. The highest BCUT2D eigenvalue weighted by molar-refractivity contribution is 6.08. The molecule has 1 unspecified atom stereocenters. The second-order valence-corrected chi connectivity index (χ2v) is 4.50. The SMILES string of the molecule is CCC(C(=O)O)C(=O)c1ccc2c(c1)CCC2. The number of hydrogen-bond donors (Lipinski definition) is 1. The standard InChI is InChI=1S/C14H16O3/c1-2-12(14(16)17)13(15)11-7-6-9-4-3-5-10(9)8-11/h6-8,12H,2-5H2,1H3,(H,16,17). The lowest BCUT2D eigenvalue weighted by Crippen LogP contribution is -2.23. The van der Waals surface area contributed by atoms with Gasteiger partial charge in [-0.1, -0.05) is 19.1 Å². The number of aryl methyl sites for hydroxylation is 2. The van der Waals surface area contributed by atoms with Crippen LogP contribution in [0.5, 0.6) is 0 Å². The predicted octanol–water partition coefficient (Wildman–Crippen LogP) is 2.47. The summed E-state index contributed by atoms with van der Waals surface area (Å²) in [5, 5.41) is 8.98. The van der Waals surface area contributed by atoms with Crippen LogP contribution in [0.25, 0.3) is 0 Å². The summed E-state index contributed by atoms with van der Waals surface area (Å²) in [6, 6.07) is 5.60. The number of ketones is 1. The topological polar surface area (TPSA) is 54.4 Å². The summed E-state index contributed by atoms with van der Waals surface area (Å²) in [6.45, 7) is 1.73. The van der Waals surface area contributed by atoms with E-state index in [9.17, 15) is 9.59 Å². The normalized spacial score (nSPS) is 15.4. The quantitative estimate of drug-likeness (QED) is 0.641. The molecule has 0 aromatic heterocycles. The Labute approximate surface area is 100 Å². The number of carbonyl (C=O) groups excluding carboxylic acids is 1. The second kappa shape index (κ2) is 4.70. The van der Waals surface area contributed by atoms with Crippen LogP contribution in [-0.2, 0) is 17.6 Å². The van der Waals surface area contributed by atoms with Crippen LogP contribution in [0, 0.1) is 5.92 Å². The Morgan fingerprint density at radius 2 is 2.00 bits per heavy atom. The van der Waals surface area contributed by atoms with Crippen molar-refractivity contribution in [3.8, 4) is 0 Å². The van der Waals surface area contributed by atoms with Crippen LogP contribution in [0.2, 0.25) is 0 Å². The van der Waals surface area contributed by atoms with Crippen molar-refractivity contribution in [2.45, 2.75) is 32.6 Å². The molecular weight excluding hydrogens is 216 g/mol. The molecule has 3 nitrogen and oxygen atoms in total. The summed E-state index contributed by atoms with van der Waals surface area (Å²) < 4.78 is 0. The summed E-state index contributed by atoms with van der Waals surface area (Å²) >= 11 is 0. The molecule has 0 aliphatic heterocycles. The summed E-state index contributed by atoms with van der Waals surface area (Å²) in [7, 11) is 0. The van der Waals surface area contributed by atoms with E-state index in [0.717, 1.165) is 19.3 Å². The van der Waals surface area contributed by atoms with Crippen molar-refractivity contribution < 1.29 is 14.7 Å². The minimum Gasteiger partial charge on any atom is -0.481 e. The van der Waals surface area contributed by atoms with Crippen molar-refractivity contribution in [3.63, 3.8) is 0 Å². The smallest absolute Gasteiger partial charge is 0.314 e. The average Bonchev–Trinajstić information content (AvgIpc) is 2.75. The van der Waals surface area contributed by atoms with Gasteiger partial charge in [0.2, 0.25) is 0 Å². The molecule has 3 heteroatoms. The van der Waals surface area contributed by atoms with E-state index >= 15 is 0 Å². The Kier molecular flexibility index (Phi) is 3.27. The average molecular weight is 232 g/mol. The number of hydrogen-bond acceptors (Lipinski definition) is 2. The van der Waals surface area contributed by atoms with E-state index in [-0.39, 0.29) is 5.78 Å². The van der Waals surface area contributed by atoms with E-state index in [1.807, 2.05) is 12.1 Å². The van der Waals surface area contributed by atoms with Gasteiger partial charge in [0.05, 0.1) is 0 Å². The lowest BCUT2D eigenvalue weighted by molar-refractivity contribution is -0.140. The highest BCUT2D eigenvalue weighted by atomic mass is 16.4. The van der Waals surface area contributed by atoms with Crippen molar-refractivity contribution in [3.05, 3.63) is 34.9 Å². The third-order valence-electron chi connectivity index (χ3n) is 3.41. The van der Waals surface area contributed by atoms with Gasteiger partial charge in [-0.25, -0.2) is 0 Å². The van der Waals surface area contributed by atoms with Gasteiger partial charge < -0.3 is 5.11 Å². The molecular formula is C14H16O3. The van der Waals surface area contributed by atoms with Crippen molar-refractivity contribution in [1.82, 2.24) is 0 Å². The third kappa shape index (κ3) is 2.23. The first-order valence-corrected chi connectivity index (χ1v) is 6.02. The van der Waals surface area contributed by atoms with Crippen LogP contribution in [0.15, 0.2) is 18.2 Å². The highest BCUT2D eigenvalue weighted by Crippen LogP contribution is 2.24. The molecule has 1 aromatic rings. The zero-order chi connectivity index (χ0) is 12.4. The first kappa shape index (κ1) is 11.8. The summed E-state index contributed by atoms with van der Waals surface area (Å²) in [4.78, 5) is 23.0. The van der Waals surface area contributed by atoms with Crippen LogP contribution in [0.3, 0.4) is 0 Å². The molecule has 0 heterocycles. The van der Waals surface area contributed by atoms with E-state index in [1.165, 1.54) is 11.1 Å². The number of rotatable bonds is 4. The first-order chi connectivity index (χ1) is 8.13. The van der Waals surface area contributed by atoms with Crippen molar-refractivity contribution in [2.75, 3.05) is 0 Å². The predicted molar refractivity (Wildman–Crippen MR) is 64.2 cm³/mol. The molecule has 0 radical (unpaired) electrons. The number of carbonyl (C=O) groups is 2. The number of carboxylic acids is 1. The van der Waals surface area contributed by atoms with E-state index in [4.69, 9.17) is 5.11 Å². The molecule has 0 amide bonds. The van der Waals surface area contributed by atoms with Gasteiger partial charge in [0.25, 0.3) is 0 Å². The van der Waals surface area contributed by atoms with Crippen molar-refractivity contribution >= 4 is 11.8 Å². The van der Waals surface area contributed by atoms with Crippen LogP contribution in [-0.4, -0.2) is 16.9 Å². The van der Waals surface area contributed by atoms with Crippen LogP contribution in [0.4, 0.5) is 0 Å². The summed E-state index contributed by atoms with van der Waals surface area (Å²) in [5.74, 6) is -2.21. The van der Waals surface area contributed by atoms with Gasteiger partial charge in [0.15, 0.2) is 5.78 Å². The molecule has 17 heavy (non-hydrogen) atoms. The van der Waals surface area contributed by atoms with Gasteiger partial charge in [0.1, 0.15) is 5.92 Å². The number of aliphatic carboxylic acids is 1. The summed E-state index contributed by atoms with van der Waals surface area (Å²) in [6.07, 6.45) is 3.54. The molecule has 1 N–H and O–H groups in total. The van der Waals surface area contributed by atoms with E-state index in [1.54, 1.807) is 13.0 Å². The van der Waals surface area contributed by atoms with Gasteiger partial charge in [-0.3, -0.25) is 9.59 Å². The molecule has 90 valence electrons. The minimum absolute atomic E-state index is 0.269. The molecule has 1 aromatic carbocycles. The zero-order valence-corrected chi connectivity index (χ0v) is 9.90. The maximum absolute atomic E-state index is 12.0. The Balaban J connectivity index is 2.28. The number of carboxylic acid groups (broad SMARTS) is 1. The third-order valence-corrected chi connectivity index (χ3v) is 3.41. The fourth-order valence-corrected chi connectivity index (χ4v) is 2.40. The Morgan fingerprint density at radius 3 is 2.65 bits per heavy atom. The van der Waals surface area contributed by atoms with Gasteiger partial charge in [-0.2, -0.15) is 0 Å². The van der Waals surface area contributed by atoms with Crippen molar-refractivity contribution in [1.29, 1.82) is 0 Å². The minimum atomic E-state index is -1.03. The van der Waals surface area contributed by atoms with Crippen molar-refractivity contribution in [2.24, 2.45) is 5.92 Å². The van der Waals surface area contributed by atoms with E-state index < -0.39 is 11.9 Å². The van der Waals surface area contributed by atoms with Gasteiger partial charge >= 0.3 is 5.97 Å². The molecule has 1 aliphatic carbocycles. The fourth-order valence-electron chi connectivity index (χ4n) is 2.40. The van der Waals surface area contributed by atoms with E-state index in [0.29, 0.717) is 12.0 Å². The molecule has 1 atom stereocenters. The molecule has 0 spiro atoms. The number of benzene rings is 1. The monoisotopic (exact) mass is 232 g/mol. The van der Waals surface area contributed by atoms with E-state index in [2.05, 4.69) is 0 Å². The highest BCUT2D eigenvalue weighted by Gasteiger charge is 2.26. The number of fused-ring (bicyclic) bond motifs is 1. The maximum Gasteiger partial charge on any atom is 0.314 e. The van der Waals surface area contributed by atoms with Crippen LogP contribution >= 0.6 is 0 Å². The largest absolute Gasteiger partial charge is 0.481 e. The Hall–Kier alpha value is -1.64. The lowest BCUT2D eigenvalue weighted by atomic mass is 9.93. The number of Topliss-reactive ketones (excluding diaryl/α,β-unsaturated/α-hetero) is 1. The van der Waals surface area contributed by atoms with Crippen LogP contribution < -0.4 is 0 Å². The summed E-state index contributed by atoms with van der Waals surface area (Å²) in [5.41, 5.74) is 3.04. The maximum atomic E-state index is 12.0. The zero-order valence-electron chi connectivity index (χ0n) is 9.90. The first-order valence-electron chi connectivity index (χ1n) is 6.02. The van der Waals surface area contributed by atoms with Gasteiger partial charge in [-0.15, -0.1) is 0 Å². The molecule has 0 fully saturated rings. The second-order valence-electron chi connectivity index (χ2n) is 4.50. The lowest BCUT2D eigenvalue weighted by Gasteiger charge is -2.09.